The zero-order valence-corrected chi connectivity index (χ0v) is 9.73. The van der Waals surface area contributed by atoms with E-state index in [0.717, 1.165) is 12.2 Å². The molecule has 1 aromatic carbocycles. The molecule has 0 unspecified atom stereocenters. The molecule has 0 aromatic heterocycles. The predicted octanol–water partition coefficient (Wildman–Crippen LogP) is 3.17. The molecule has 0 fully saturated rings. The zero-order valence-electron chi connectivity index (χ0n) is 8.91. The van der Waals surface area contributed by atoms with Crippen LogP contribution < -0.4 is 10.5 Å². The Morgan fingerprint density at radius 1 is 1.50 bits per heavy atom. The largest absolute Gasteiger partial charge is 0.495 e. The van der Waals surface area contributed by atoms with Crippen molar-refractivity contribution in [3.63, 3.8) is 0 Å². The highest BCUT2D eigenvalue weighted by molar-refractivity contribution is 7.99. The number of hydrogen-bond donors (Lipinski definition) is 1. The molecule has 1 aromatic rings. The number of benzene rings is 1. The van der Waals surface area contributed by atoms with Crippen LogP contribution in [0.4, 0.5) is 5.69 Å². The fourth-order valence-electron chi connectivity index (χ4n) is 1.10. The first kappa shape index (κ1) is 11.2. The van der Waals surface area contributed by atoms with Gasteiger partial charge in [0.15, 0.2) is 0 Å². The lowest BCUT2D eigenvalue weighted by atomic mass is 10.3. The van der Waals surface area contributed by atoms with Crippen molar-refractivity contribution in [3.8, 4) is 5.75 Å². The molecule has 78 valence electrons. The minimum atomic E-state index is 0.628. The molecular weight excluding hydrogens is 194 g/mol. The van der Waals surface area contributed by atoms with Crippen LogP contribution in [0.1, 0.15) is 20.3 Å². The first-order valence-electron chi connectivity index (χ1n) is 4.77. The molecule has 0 saturated heterocycles. The third kappa shape index (κ3) is 2.84. The van der Waals surface area contributed by atoms with Crippen molar-refractivity contribution in [2.45, 2.75) is 30.4 Å². The molecule has 0 amide bonds. The van der Waals surface area contributed by atoms with Gasteiger partial charge in [0, 0.05) is 10.1 Å². The Balaban J connectivity index is 2.76. The Labute approximate surface area is 89.8 Å². The van der Waals surface area contributed by atoms with Crippen molar-refractivity contribution in [1.29, 1.82) is 0 Å². The maximum Gasteiger partial charge on any atom is 0.141 e. The van der Waals surface area contributed by atoms with Crippen LogP contribution in [0.5, 0.6) is 5.75 Å². The molecule has 0 aliphatic carbocycles. The summed E-state index contributed by atoms with van der Waals surface area (Å²) in [6.07, 6.45) is 1.16. The van der Waals surface area contributed by atoms with Gasteiger partial charge in [-0.15, -0.1) is 11.8 Å². The Morgan fingerprint density at radius 2 is 2.21 bits per heavy atom. The van der Waals surface area contributed by atoms with Gasteiger partial charge in [0.2, 0.25) is 0 Å². The van der Waals surface area contributed by atoms with Crippen LogP contribution in [0.3, 0.4) is 0 Å². The van der Waals surface area contributed by atoms with Gasteiger partial charge in [-0.1, -0.05) is 13.8 Å². The highest BCUT2D eigenvalue weighted by Crippen LogP contribution is 2.30. The number of thioether (sulfide) groups is 1. The van der Waals surface area contributed by atoms with E-state index >= 15 is 0 Å². The van der Waals surface area contributed by atoms with Crippen molar-refractivity contribution in [2.24, 2.45) is 0 Å². The molecule has 0 spiro atoms. The molecule has 2 nitrogen and oxygen atoms in total. The monoisotopic (exact) mass is 211 g/mol. The number of hydrogen-bond acceptors (Lipinski definition) is 3. The van der Waals surface area contributed by atoms with Gasteiger partial charge in [0.05, 0.1) is 12.8 Å². The lowest BCUT2D eigenvalue weighted by Crippen LogP contribution is -1.95. The van der Waals surface area contributed by atoms with Crippen LogP contribution in [0.2, 0.25) is 0 Å². The van der Waals surface area contributed by atoms with Gasteiger partial charge in [-0.05, 0) is 24.6 Å². The van der Waals surface area contributed by atoms with Crippen LogP contribution in [0.15, 0.2) is 23.1 Å². The Morgan fingerprint density at radius 3 is 2.71 bits per heavy atom. The standard InChI is InChI=1S/C11H17NOS/c1-4-8(2)14-9-5-6-11(13-3)10(12)7-9/h5-8H,4,12H2,1-3H3/t8-/m1/s1. The number of anilines is 1. The van der Waals surface area contributed by atoms with Crippen molar-refractivity contribution in [2.75, 3.05) is 12.8 Å². The second-order valence-electron chi connectivity index (χ2n) is 3.24. The summed E-state index contributed by atoms with van der Waals surface area (Å²) in [5, 5.41) is 0.628. The number of ether oxygens (including phenoxy) is 1. The average molecular weight is 211 g/mol. The summed E-state index contributed by atoms with van der Waals surface area (Å²) >= 11 is 1.84. The molecule has 0 bridgehead atoms. The van der Waals surface area contributed by atoms with E-state index in [2.05, 4.69) is 13.8 Å². The predicted molar refractivity (Wildman–Crippen MR) is 63.0 cm³/mol. The SMILES string of the molecule is CC[C@@H](C)Sc1ccc(OC)c(N)c1. The average Bonchev–Trinajstić information content (AvgIpc) is 2.18. The maximum absolute atomic E-state index is 5.81. The van der Waals surface area contributed by atoms with E-state index in [1.165, 1.54) is 4.90 Å². The van der Waals surface area contributed by atoms with Crippen molar-refractivity contribution in [1.82, 2.24) is 0 Å². The molecule has 2 N–H and O–H groups in total. The molecular formula is C11H17NOS. The summed E-state index contributed by atoms with van der Waals surface area (Å²) < 4.78 is 5.10. The maximum atomic E-state index is 5.81. The highest BCUT2D eigenvalue weighted by atomic mass is 32.2. The summed E-state index contributed by atoms with van der Waals surface area (Å²) in [7, 11) is 1.63. The van der Waals surface area contributed by atoms with E-state index in [-0.39, 0.29) is 0 Å². The number of methoxy groups -OCH3 is 1. The Kier molecular flexibility index (Phi) is 4.14. The lowest BCUT2D eigenvalue weighted by molar-refractivity contribution is 0.416. The fourth-order valence-corrected chi connectivity index (χ4v) is 2.07. The summed E-state index contributed by atoms with van der Waals surface area (Å²) in [5.41, 5.74) is 6.52. The number of rotatable bonds is 4. The van der Waals surface area contributed by atoms with Crippen LogP contribution in [0.25, 0.3) is 0 Å². The minimum absolute atomic E-state index is 0.628. The third-order valence-electron chi connectivity index (χ3n) is 2.11. The molecule has 0 radical (unpaired) electrons. The van der Waals surface area contributed by atoms with Crippen molar-refractivity contribution in [3.05, 3.63) is 18.2 Å². The molecule has 0 aliphatic heterocycles. The van der Waals surface area contributed by atoms with Gasteiger partial charge in [0.25, 0.3) is 0 Å². The van der Waals surface area contributed by atoms with E-state index in [9.17, 15) is 0 Å². The van der Waals surface area contributed by atoms with E-state index in [0.29, 0.717) is 10.9 Å². The van der Waals surface area contributed by atoms with Crippen molar-refractivity contribution >= 4 is 17.4 Å². The summed E-state index contributed by atoms with van der Waals surface area (Å²) in [5.74, 6) is 0.749. The normalized spacial score (nSPS) is 12.5. The van der Waals surface area contributed by atoms with Gasteiger partial charge in [-0.25, -0.2) is 0 Å². The zero-order chi connectivity index (χ0) is 10.6. The van der Waals surface area contributed by atoms with Gasteiger partial charge < -0.3 is 10.5 Å². The number of nitrogens with two attached hydrogens (primary N) is 1. The molecule has 1 atom stereocenters. The molecule has 3 heteroatoms. The molecule has 14 heavy (non-hydrogen) atoms. The van der Waals surface area contributed by atoms with Crippen LogP contribution in [-0.2, 0) is 0 Å². The minimum Gasteiger partial charge on any atom is -0.495 e. The van der Waals surface area contributed by atoms with E-state index < -0.39 is 0 Å². The molecule has 0 aliphatic rings. The lowest BCUT2D eigenvalue weighted by Gasteiger charge is -2.10. The van der Waals surface area contributed by atoms with Crippen LogP contribution in [0, 0.1) is 0 Å². The summed E-state index contributed by atoms with van der Waals surface area (Å²) in [4.78, 5) is 1.21. The van der Waals surface area contributed by atoms with Gasteiger partial charge >= 0.3 is 0 Å². The Hall–Kier alpha value is -0.830. The fraction of sp³-hybridized carbons (Fsp3) is 0.455. The smallest absolute Gasteiger partial charge is 0.141 e. The van der Waals surface area contributed by atoms with E-state index in [1.807, 2.05) is 30.0 Å². The summed E-state index contributed by atoms with van der Waals surface area (Å²) in [6.45, 7) is 4.40. The molecule has 1 rings (SSSR count). The van der Waals surface area contributed by atoms with E-state index in [4.69, 9.17) is 10.5 Å². The van der Waals surface area contributed by atoms with Gasteiger partial charge in [0.1, 0.15) is 5.75 Å². The summed E-state index contributed by atoms with van der Waals surface area (Å²) in [6, 6.07) is 5.93. The first-order valence-corrected chi connectivity index (χ1v) is 5.65. The third-order valence-corrected chi connectivity index (χ3v) is 3.38. The highest BCUT2D eigenvalue weighted by Gasteiger charge is 2.04. The van der Waals surface area contributed by atoms with E-state index in [1.54, 1.807) is 7.11 Å². The topological polar surface area (TPSA) is 35.2 Å². The van der Waals surface area contributed by atoms with Crippen LogP contribution >= 0.6 is 11.8 Å². The molecule has 0 heterocycles. The van der Waals surface area contributed by atoms with Crippen molar-refractivity contribution < 1.29 is 4.74 Å². The quantitative estimate of drug-likeness (QED) is 0.613. The Bertz CT molecular complexity index is 301. The second-order valence-corrected chi connectivity index (χ2v) is 4.75. The second kappa shape index (κ2) is 5.15. The van der Waals surface area contributed by atoms with Gasteiger partial charge in [-0.3, -0.25) is 0 Å². The first-order chi connectivity index (χ1) is 6.67. The molecule has 0 saturated carbocycles. The van der Waals surface area contributed by atoms with Gasteiger partial charge in [-0.2, -0.15) is 0 Å². The number of nitrogen functional groups attached to an aromatic ring is 1. The van der Waals surface area contributed by atoms with Crippen LogP contribution in [-0.4, -0.2) is 12.4 Å².